The van der Waals surface area contributed by atoms with Crippen molar-refractivity contribution < 1.29 is 19.7 Å². The molecule has 0 aliphatic carbocycles. The maximum atomic E-state index is 9.31. The average Bonchev–Trinajstić information content (AvgIpc) is 2.04. The third kappa shape index (κ3) is 2.13. The summed E-state index contributed by atoms with van der Waals surface area (Å²) in [6, 6.07) is 0. The highest BCUT2D eigenvalue weighted by Crippen LogP contribution is 2.15. The van der Waals surface area contributed by atoms with E-state index < -0.39 is 12.2 Å². The summed E-state index contributed by atoms with van der Waals surface area (Å²) in [5, 5.41) is 18.0. The average molecular weight is 162 g/mol. The van der Waals surface area contributed by atoms with Crippen LogP contribution in [0.3, 0.4) is 0 Å². The maximum absolute atomic E-state index is 9.31. The second kappa shape index (κ2) is 4.01. The molecule has 0 radical (unpaired) electrons. The van der Waals surface area contributed by atoms with Crippen LogP contribution in [0.25, 0.3) is 0 Å². The topological polar surface area (TPSA) is 58.9 Å². The van der Waals surface area contributed by atoms with Crippen LogP contribution >= 0.6 is 0 Å². The summed E-state index contributed by atoms with van der Waals surface area (Å²) in [5.41, 5.74) is 0. The normalized spacial score (nSPS) is 39.0. The van der Waals surface area contributed by atoms with E-state index in [4.69, 9.17) is 14.6 Å². The summed E-state index contributed by atoms with van der Waals surface area (Å²) >= 11 is 0. The van der Waals surface area contributed by atoms with Crippen LogP contribution in [0.5, 0.6) is 0 Å². The van der Waals surface area contributed by atoms with Crippen molar-refractivity contribution >= 4 is 0 Å². The molecule has 0 aromatic carbocycles. The van der Waals surface area contributed by atoms with E-state index in [2.05, 4.69) is 0 Å². The van der Waals surface area contributed by atoms with Gasteiger partial charge in [-0.15, -0.1) is 0 Å². The molecular weight excluding hydrogens is 148 g/mol. The van der Waals surface area contributed by atoms with Gasteiger partial charge in [0.2, 0.25) is 0 Å². The molecule has 1 saturated heterocycles. The minimum Gasteiger partial charge on any atom is -0.394 e. The summed E-state index contributed by atoms with van der Waals surface area (Å²) in [6.07, 6.45) is -0.519. The smallest absolute Gasteiger partial charge is 0.107 e. The van der Waals surface area contributed by atoms with Crippen molar-refractivity contribution in [2.45, 2.75) is 24.7 Å². The number of hydrogen-bond acceptors (Lipinski definition) is 4. The molecule has 0 unspecified atom stereocenters. The Balaban J connectivity index is 2.34. The van der Waals surface area contributed by atoms with Gasteiger partial charge in [-0.3, -0.25) is 0 Å². The second-order valence-electron chi connectivity index (χ2n) is 2.72. The van der Waals surface area contributed by atoms with Gasteiger partial charge >= 0.3 is 0 Å². The van der Waals surface area contributed by atoms with Crippen molar-refractivity contribution in [1.29, 1.82) is 0 Å². The van der Waals surface area contributed by atoms with Crippen molar-refractivity contribution in [1.82, 2.24) is 0 Å². The highest BCUT2D eigenvalue weighted by atomic mass is 16.5. The Labute approximate surface area is 65.7 Å². The van der Waals surface area contributed by atoms with Crippen LogP contribution in [-0.4, -0.2) is 48.8 Å². The first-order valence-corrected chi connectivity index (χ1v) is 3.71. The van der Waals surface area contributed by atoms with Crippen molar-refractivity contribution in [3.8, 4) is 0 Å². The fourth-order valence-corrected chi connectivity index (χ4v) is 1.17. The lowest BCUT2D eigenvalue weighted by atomic mass is 10.0. The number of aliphatic hydroxyl groups is 2. The van der Waals surface area contributed by atoms with E-state index in [9.17, 15) is 5.11 Å². The quantitative estimate of drug-likeness (QED) is 0.555. The zero-order chi connectivity index (χ0) is 8.27. The Bertz CT molecular complexity index is 117. The molecule has 11 heavy (non-hydrogen) atoms. The molecule has 4 heteroatoms. The third-order valence-electron chi connectivity index (χ3n) is 1.94. The van der Waals surface area contributed by atoms with Crippen molar-refractivity contribution in [2.24, 2.45) is 0 Å². The van der Waals surface area contributed by atoms with Crippen molar-refractivity contribution in [3.63, 3.8) is 0 Å². The monoisotopic (exact) mass is 162 g/mol. The molecule has 0 amide bonds. The molecule has 2 N–H and O–H groups in total. The van der Waals surface area contributed by atoms with Crippen LogP contribution in [0.2, 0.25) is 0 Å². The molecular formula is C7H14O4. The van der Waals surface area contributed by atoms with Crippen LogP contribution in [0.15, 0.2) is 0 Å². The minimum absolute atomic E-state index is 0.0344. The van der Waals surface area contributed by atoms with Crippen LogP contribution in [0, 0.1) is 0 Å². The molecule has 0 aromatic heterocycles. The van der Waals surface area contributed by atoms with E-state index in [0.717, 1.165) is 0 Å². The van der Waals surface area contributed by atoms with Crippen LogP contribution in [-0.2, 0) is 9.47 Å². The van der Waals surface area contributed by atoms with Crippen molar-refractivity contribution in [2.75, 3.05) is 20.3 Å². The van der Waals surface area contributed by atoms with Gasteiger partial charge < -0.3 is 19.7 Å². The standard InChI is InChI=1S/C7H14O4/c1-10-5-2-6(9)7(3-8)11-4-5/h5-9H,2-4H2,1H3/t5-,6+,7-/m1/s1. The van der Waals surface area contributed by atoms with Crippen LogP contribution in [0.1, 0.15) is 6.42 Å². The summed E-state index contributed by atoms with van der Waals surface area (Å²) in [4.78, 5) is 0. The fourth-order valence-electron chi connectivity index (χ4n) is 1.17. The van der Waals surface area contributed by atoms with Crippen LogP contribution in [0.4, 0.5) is 0 Å². The number of hydrogen-bond donors (Lipinski definition) is 2. The summed E-state index contributed by atoms with van der Waals surface area (Å²) in [6.45, 7) is 0.330. The second-order valence-corrected chi connectivity index (χ2v) is 2.72. The van der Waals surface area contributed by atoms with Gasteiger partial charge in [0.05, 0.1) is 25.4 Å². The molecule has 66 valence electrons. The number of rotatable bonds is 2. The van der Waals surface area contributed by atoms with E-state index in [0.29, 0.717) is 13.0 Å². The molecule has 1 aliphatic heterocycles. The largest absolute Gasteiger partial charge is 0.394 e. The summed E-state index contributed by atoms with van der Waals surface area (Å²) in [5.74, 6) is 0. The molecule has 1 heterocycles. The summed E-state index contributed by atoms with van der Waals surface area (Å²) in [7, 11) is 1.58. The Morgan fingerprint density at radius 1 is 1.64 bits per heavy atom. The zero-order valence-electron chi connectivity index (χ0n) is 6.56. The number of aliphatic hydroxyl groups excluding tert-OH is 2. The van der Waals surface area contributed by atoms with E-state index >= 15 is 0 Å². The Morgan fingerprint density at radius 3 is 2.82 bits per heavy atom. The Hall–Kier alpha value is -0.160. The van der Waals surface area contributed by atoms with Gasteiger partial charge in [-0.2, -0.15) is 0 Å². The Morgan fingerprint density at radius 2 is 2.36 bits per heavy atom. The molecule has 1 fully saturated rings. The SMILES string of the molecule is CO[C@H]1CO[C@H](CO)[C@@H](O)C1. The van der Waals surface area contributed by atoms with Gasteiger partial charge in [-0.05, 0) is 0 Å². The van der Waals surface area contributed by atoms with Gasteiger partial charge in [-0.1, -0.05) is 0 Å². The molecule has 1 rings (SSSR count). The molecule has 0 spiro atoms. The highest BCUT2D eigenvalue weighted by molar-refractivity contribution is 4.77. The lowest BCUT2D eigenvalue weighted by Gasteiger charge is -2.31. The van der Waals surface area contributed by atoms with Gasteiger partial charge in [0.15, 0.2) is 0 Å². The predicted octanol–water partition coefficient (Wildman–Crippen LogP) is -0.857. The first-order chi connectivity index (χ1) is 5.27. The first kappa shape index (κ1) is 8.93. The van der Waals surface area contributed by atoms with Gasteiger partial charge in [-0.25, -0.2) is 0 Å². The van der Waals surface area contributed by atoms with E-state index in [1.165, 1.54) is 0 Å². The maximum Gasteiger partial charge on any atom is 0.107 e. The number of ether oxygens (including phenoxy) is 2. The molecule has 4 nitrogen and oxygen atoms in total. The minimum atomic E-state index is -0.598. The van der Waals surface area contributed by atoms with E-state index in [-0.39, 0.29) is 12.7 Å². The zero-order valence-corrected chi connectivity index (χ0v) is 6.56. The van der Waals surface area contributed by atoms with Gasteiger partial charge in [0, 0.05) is 13.5 Å². The third-order valence-corrected chi connectivity index (χ3v) is 1.94. The molecule has 0 bridgehead atoms. The molecule has 0 aromatic rings. The lowest BCUT2D eigenvalue weighted by molar-refractivity contribution is -0.144. The fraction of sp³-hybridized carbons (Fsp3) is 1.00. The summed E-state index contributed by atoms with van der Waals surface area (Å²) < 4.78 is 10.1. The number of methoxy groups -OCH3 is 1. The van der Waals surface area contributed by atoms with Gasteiger partial charge in [0.25, 0.3) is 0 Å². The van der Waals surface area contributed by atoms with Gasteiger partial charge in [0.1, 0.15) is 6.10 Å². The molecule has 1 aliphatic rings. The van der Waals surface area contributed by atoms with E-state index in [1.54, 1.807) is 7.11 Å². The molecule has 0 saturated carbocycles. The van der Waals surface area contributed by atoms with E-state index in [1.807, 2.05) is 0 Å². The Kier molecular flexibility index (Phi) is 3.26. The predicted molar refractivity (Wildman–Crippen MR) is 38.2 cm³/mol. The lowest BCUT2D eigenvalue weighted by Crippen LogP contribution is -2.43. The van der Waals surface area contributed by atoms with Crippen molar-refractivity contribution in [3.05, 3.63) is 0 Å². The highest BCUT2D eigenvalue weighted by Gasteiger charge is 2.28. The van der Waals surface area contributed by atoms with Crippen LogP contribution < -0.4 is 0 Å². The molecule has 3 atom stereocenters. The first-order valence-electron chi connectivity index (χ1n) is 3.71.